The average molecular weight is 783 g/mol. The summed E-state index contributed by atoms with van der Waals surface area (Å²) in [6.45, 7) is 26.6. The van der Waals surface area contributed by atoms with Crippen LogP contribution in [0.25, 0.3) is 11.1 Å². The maximum atomic E-state index is 6.52. The Kier molecular flexibility index (Phi) is 9.76. The number of rotatable bonds is 5. The summed E-state index contributed by atoms with van der Waals surface area (Å²) in [5, 5.41) is 3.16. The van der Waals surface area contributed by atoms with E-state index in [2.05, 4.69) is 167 Å². The first-order valence-electron chi connectivity index (χ1n) is 17.8. The molecule has 2 aliphatic rings. The molecule has 2 aliphatic carbocycles. The van der Waals surface area contributed by atoms with E-state index < -0.39 is 27.4 Å². The number of allylic oxidation sites excluding steroid dienone is 4. The standard InChI is InChI=1S/C21H25.C10H17Si.2C7H5Cl.Zr/c1-20(2,3)16-7-9-18-14(12-16)11-15-13-17(21(4,5)6)8-10-19(15)18;1-8-6-9(2)10(7-8)11(3,4)5;2*1-6-2-4-7(8)5-3-6;/h7-10,12H,11H2,1-6H3;7-8H,1-5H3;2*1-5H;. The molecule has 0 saturated carbocycles. The van der Waals surface area contributed by atoms with Gasteiger partial charge in [0.2, 0.25) is 0 Å². The van der Waals surface area contributed by atoms with Gasteiger partial charge in [-0.15, -0.1) is 0 Å². The summed E-state index contributed by atoms with van der Waals surface area (Å²) >= 11 is 8.95. The number of fused-ring (bicyclic) bond motifs is 3. The van der Waals surface area contributed by atoms with Crippen molar-refractivity contribution in [2.75, 3.05) is 0 Å². The number of hydrogen-bond donors (Lipinski definition) is 0. The van der Waals surface area contributed by atoms with Crippen molar-refractivity contribution >= 4 is 42.0 Å². The van der Waals surface area contributed by atoms with Crippen molar-refractivity contribution in [3.05, 3.63) is 142 Å². The minimum absolute atomic E-state index is 0.0507. The molecule has 0 nitrogen and oxygen atoms in total. The van der Waals surface area contributed by atoms with Gasteiger partial charge in [0.25, 0.3) is 0 Å². The Morgan fingerprint density at radius 2 is 1.24 bits per heavy atom. The fourth-order valence-electron chi connectivity index (χ4n) is 8.41. The second-order valence-corrected chi connectivity index (χ2v) is 31.6. The first-order valence-corrected chi connectivity index (χ1v) is 27.3. The SMILES string of the molecule is CC1=[C]([Zr](=[CH]c2ccc(Cl)cc2)(=[CH]c2ccc(Cl)cc2)[c]2c(C(C)(C)C)ccc3c2Cc2cc(C(C)(C)C)ccc2-3)C(C)C=C1[Si](C)(C)C. The Labute approximate surface area is 310 Å². The van der Waals surface area contributed by atoms with Crippen molar-refractivity contribution in [2.24, 2.45) is 5.92 Å². The van der Waals surface area contributed by atoms with E-state index in [-0.39, 0.29) is 10.8 Å². The molecule has 254 valence electrons. The van der Waals surface area contributed by atoms with Crippen LogP contribution in [0.4, 0.5) is 0 Å². The van der Waals surface area contributed by atoms with Crippen LogP contribution in [-0.4, -0.2) is 15.5 Å². The maximum absolute atomic E-state index is 6.52. The van der Waals surface area contributed by atoms with Gasteiger partial charge in [0.1, 0.15) is 0 Å². The molecule has 0 radical (unpaired) electrons. The van der Waals surface area contributed by atoms with Crippen molar-refractivity contribution < 1.29 is 19.3 Å². The second-order valence-electron chi connectivity index (χ2n) is 17.5. The van der Waals surface area contributed by atoms with Crippen LogP contribution in [0.1, 0.15) is 88.8 Å². The molecule has 6 rings (SSSR count). The quantitative estimate of drug-likeness (QED) is 0.156. The Bertz CT molecular complexity index is 2070. The van der Waals surface area contributed by atoms with Gasteiger partial charge in [-0.2, -0.15) is 0 Å². The zero-order valence-electron chi connectivity index (χ0n) is 31.3. The summed E-state index contributed by atoms with van der Waals surface area (Å²) in [7, 11) is -1.62. The third-order valence-corrected chi connectivity index (χ3v) is 24.8. The summed E-state index contributed by atoms with van der Waals surface area (Å²) in [5.74, 6) is 0.351. The third-order valence-electron chi connectivity index (χ3n) is 10.6. The Balaban J connectivity index is 1.84. The predicted molar refractivity (Wildman–Crippen MR) is 218 cm³/mol. The Morgan fingerprint density at radius 3 is 1.71 bits per heavy atom. The molecule has 0 bridgehead atoms. The molecule has 4 aromatic rings. The molecule has 0 fully saturated rings. The molecule has 0 aliphatic heterocycles. The first kappa shape index (κ1) is 36.6. The molecule has 0 saturated heterocycles. The van der Waals surface area contributed by atoms with E-state index in [4.69, 9.17) is 23.2 Å². The summed E-state index contributed by atoms with van der Waals surface area (Å²) in [5.41, 5.74) is 12.8. The zero-order valence-corrected chi connectivity index (χ0v) is 36.2. The predicted octanol–water partition coefficient (Wildman–Crippen LogP) is 12.4. The van der Waals surface area contributed by atoms with Gasteiger partial charge in [-0.25, -0.2) is 0 Å². The molecule has 0 N–H and O–H groups in total. The Morgan fingerprint density at radius 1 is 0.714 bits per heavy atom. The molecule has 0 spiro atoms. The summed E-state index contributed by atoms with van der Waals surface area (Å²) in [6.07, 6.45) is 3.60. The average Bonchev–Trinajstić information content (AvgIpc) is 3.53. The van der Waals surface area contributed by atoms with E-state index in [0.29, 0.717) is 5.92 Å². The van der Waals surface area contributed by atoms with Crippen molar-refractivity contribution in [1.82, 2.24) is 0 Å². The van der Waals surface area contributed by atoms with Crippen LogP contribution in [0.5, 0.6) is 0 Å². The van der Waals surface area contributed by atoms with Gasteiger partial charge in [-0.1, -0.05) is 0 Å². The van der Waals surface area contributed by atoms with Crippen molar-refractivity contribution in [2.45, 2.75) is 92.3 Å². The second kappa shape index (κ2) is 13.1. The van der Waals surface area contributed by atoms with Crippen LogP contribution in [-0.2, 0) is 36.5 Å². The van der Waals surface area contributed by atoms with Crippen molar-refractivity contribution in [1.29, 1.82) is 0 Å². The van der Waals surface area contributed by atoms with Gasteiger partial charge < -0.3 is 0 Å². The van der Waals surface area contributed by atoms with Crippen LogP contribution in [0.3, 0.4) is 0 Å². The van der Waals surface area contributed by atoms with E-state index in [1.54, 1.807) is 17.3 Å². The summed E-state index contributed by atoms with van der Waals surface area (Å²) < 4.78 is 8.82. The van der Waals surface area contributed by atoms with Gasteiger partial charge >= 0.3 is 313 Å². The molecule has 4 heteroatoms. The van der Waals surface area contributed by atoms with E-state index in [0.717, 1.165) is 16.5 Å². The number of benzene rings is 4. The van der Waals surface area contributed by atoms with Gasteiger partial charge in [0.05, 0.1) is 0 Å². The van der Waals surface area contributed by atoms with E-state index >= 15 is 0 Å². The normalized spacial score (nSPS) is 16.1. The summed E-state index contributed by atoms with van der Waals surface area (Å²) in [4.78, 5) is 0. The first-order chi connectivity index (χ1) is 22.8. The van der Waals surface area contributed by atoms with Crippen LogP contribution in [0, 0.1) is 5.92 Å². The molecule has 0 heterocycles. The number of halogens is 2. The molecular weight excluding hydrogens is 731 g/mol. The monoisotopic (exact) mass is 780 g/mol. The molecule has 49 heavy (non-hydrogen) atoms. The fourth-order valence-corrected chi connectivity index (χ4v) is 24.8. The van der Waals surface area contributed by atoms with Gasteiger partial charge in [-0.05, 0) is 0 Å². The topological polar surface area (TPSA) is 0 Å². The van der Waals surface area contributed by atoms with Crippen LogP contribution in [0.2, 0.25) is 29.7 Å². The van der Waals surface area contributed by atoms with Crippen molar-refractivity contribution in [3.63, 3.8) is 0 Å². The minimum atomic E-state index is -4.08. The van der Waals surface area contributed by atoms with E-state index in [1.165, 1.54) is 44.5 Å². The summed E-state index contributed by atoms with van der Waals surface area (Å²) in [6, 6.07) is 29.3. The van der Waals surface area contributed by atoms with Crippen molar-refractivity contribution in [3.8, 4) is 11.1 Å². The van der Waals surface area contributed by atoms with Crippen LogP contribution < -0.4 is 3.27 Å². The molecule has 1 atom stereocenters. The molecule has 4 aromatic carbocycles. The molecular formula is C45H52Cl2SiZr. The van der Waals surface area contributed by atoms with Crippen LogP contribution in [0.15, 0.2) is 99.0 Å². The van der Waals surface area contributed by atoms with Gasteiger partial charge in [-0.3, -0.25) is 0 Å². The van der Waals surface area contributed by atoms with E-state index in [9.17, 15) is 0 Å². The zero-order chi connectivity index (χ0) is 35.7. The molecule has 0 amide bonds. The molecule has 0 aromatic heterocycles. The molecule has 1 unspecified atom stereocenters. The van der Waals surface area contributed by atoms with Gasteiger partial charge in [0, 0.05) is 0 Å². The number of hydrogen-bond acceptors (Lipinski definition) is 0. The van der Waals surface area contributed by atoms with Crippen LogP contribution >= 0.6 is 23.2 Å². The van der Waals surface area contributed by atoms with Gasteiger partial charge in [0.15, 0.2) is 0 Å². The third kappa shape index (κ3) is 7.02. The van der Waals surface area contributed by atoms with E-state index in [1.807, 2.05) is 0 Å². The fraction of sp³-hybridized carbons (Fsp3) is 0.333. The Hall–Kier alpha value is -2.22.